The van der Waals surface area contributed by atoms with Crippen molar-refractivity contribution in [2.24, 2.45) is 17.3 Å². The first-order valence-electron chi connectivity index (χ1n) is 10.4. The maximum atomic E-state index is 13.0. The summed E-state index contributed by atoms with van der Waals surface area (Å²) in [5.74, 6) is 1.79. The van der Waals surface area contributed by atoms with E-state index >= 15 is 0 Å². The standard InChI is InChI=1S/C23H37BrO4Si/c1-22(2,3)29(7,8)28-20-12-18(24)21(27-6)11-16(20)10-17-19(26)9-15(14-25)13-23(17,4)5/h11-12,15,17,25H,9-10,13-14H2,1-8H3/t15-,17+/m0/s1. The topological polar surface area (TPSA) is 55.8 Å². The second kappa shape index (κ2) is 8.72. The highest BCUT2D eigenvalue weighted by Crippen LogP contribution is 2.46. The van der Waals surface area contributed by atoms with Crippen LogP contribution in [0, 0.1) is 17.3 Å². The molecule has 0 heterocycles. The molecular formula is C23H37BrO4Si. The minimum absolute atomic E-state index is 0.0659. The van der Waals surface area contributed by atoms with E-state index in [1.54, 1.807) is 7.11 Å². The van der Waals surface area contributed by atoms with Gasteiger partial charge in [-0.15, -0.1) is 0 Å². The van der Waals surface area contributed by atoms with Gasteiger partial charge in [0.1, 0.15) is 17.3 Å². The molecule has 0 radical (unpaired) electrons. The molecule has 0 aliphatic heterocycles. The molecule has 1 N–H and O–H groups in total. The zero-order valence-corrected chi connectivity index (χ0v) is 21.8. The molecular weight excluding hydrogens is 448 g/mol. The number of aliphatic hydroxyl groups is 1. The Morgan fingerprint density at radius 1 is 1.24 bits per heavy atom. The van der Waals surface area contributed by atoms with Gasteiger partial charge in [0.05, 0.1) is 11.6 Å². The van der Waals surface area contributed by atoms with Crippen LogP contribution in [0.25, 0.3) is 0 Å². The summed E-state index contributed by atoms with van der Waals surface area (Å²) < 4.78 is 13.1. The lowest BCUT2D eigenvalue weighted by Gasteiger charge is -2.42. The van der Waals surface area contributed by atoms with Crippen molar-refractivity contribution in [3.05, 3.63) is 22.2 Å². The van der Waals surface area contributed by atoms with E-state index in [-0.39, 0.29) is 34.7 Å². The highest BCUT2D eigenvalue weighted by molar-refractivity contribution is 9.10. The van der Waals surface area contributed by atoms with Gasteiger partial charge in [-0.2, -0.15) is 0 Å². The van der Waals surface area contributed by atoms with E-state index in [9.17, 15) is 9.90 Å². The Hall–Kier alpha value is -0.853. The van der Waals surface area contributed by atoms with Crippen molar-refractivity contribution >= 4 is 30.0 Å². The Morgan fingerprint density at radius 3 is 2.34 bits per heavy atom. The molecule has 1 saturated carbocycles. The average Bonchev–Trinajstić information content (AvgIpc) is 2.57. The lowest BCUT2D eigenvalue weighted by molar-refractivity contribution is -0.132. The summed E-state index contributed by atoms with van der Waals surface area (Å²) in [6.45, 7) is 15.5. The second-order valence-corrected chi connectivity index (χ2v) is 16.2. The van der Waals surface area contributed by atoms with Crippen molar-refractivity contribution in [2.75, 3.05) is 13.7 Å². The summed E-state index contributed by atoms with van der Waals surface area (Å²) in [5, 5.41) is 9.65. The van der Waals surface area contributed by atoms with Gasteiger partial charge in [-0.05, 0) is 75.9 Å². The maximum Gasteiger partial charge on any atom is 0.250 e. The molecule has 4 nitrogen and oxygen atoms in total. The van der Waals surface area contributed by atoms with Gasteiger partial charge in [0.2, 0.25) is 8.32 Å². The molecule has 6 heteroatoms. The number of ketones is 1. The predicted molar refractivity (Wildman–Crippen MR) is 124 cm³/mol. The molecule has 0 aromatic heterocycles. The Morgan fingerprint density at radius 2 is 1.86 bits per heavy atom. The predicted octanol–water partition coefficient (Wildman–Crippen LogP) is 6.00. The first kappa shape index (κ1) is 24.4. The molecule has 0 amide bonds. The summed E-state index contributed by atoms with van der Waals surface area (Å²) in [5.41, 5.74) is 0.848. The second-order valence-electron chi connectivity index (χ2n) is 10.6. The van der Waals surface area contributed by atoms with E-state index in [1.165, 1.54) is 0 Å². The third kappa shape index (κ3) is 5.45. The van der Waals surface area contributed by atoms with E-state index < -0.39 is 8.32 Å². The molecule has 0 unspecified atom stereocenters. The van der Waals surface area contributed by atoms with Crippen LogP contribution >= 0.6 is 15.9 Å². The molecule has 1 aromatic carbocycles. The fraction of sp³-hybridized carbons (Fsp3) is 0.696. The van der Waals surface area contributed by atoms with Gasteiger partial charge in [0.15, 0.2) is 0 Å². The van der Waals surface area contributed by atoms with Gasteiger partial charge < -0.3 is 14.3 Å². The van der Waals surface area contributed by atoms with Crippen LogP contribution in [0.5, 0.6) is 11.5 Å². The Labute approximate surface area is 185 Å². The molecule has 0 saturated heterocycles. The Bertz CT molecular complexity index is 752. The Kier molecular flexibility index (Phi) is 7.34. The number of benzene rings is 1. The van der Waals surface area contributed by atoms with E-state index in [2.05, 4.69) is 63.6 Å². The number of rotatable bonds is 6. The minimum atomic E-state index is -2.04. The van der Waals surface area contributed by atoms with Crippen LogP contribution < -0.4 is 9.16 Å². The normalized spacial score (nSPS) is 22.5. The van der Waals surface area contributed by atoms with Crippen LogP contribution in [0.2, 0.25) is 18.1 Å². The van der Waals surface area contributed by atoms with Crippen LogP contribution in [0.3, 0.4) is 0 Å². The maximum absolute atomic E-state index is 13.0. The smallest absolute Gasteiger partial charge is 0.250 e. The van der Waals surface area contributed by atoms with Crippen LogP contribution in [0.4, 0.5) is 0 Å². The molecule has 1 fully saturated rings. The van der Waals surface area contributed by atoms with Gasteiger partial charge in [-0.3, -0.25) is 4.79 Å². The van der Waals surface area contributed by atoms with Crippen molar-refractivity contribution < 1.29 is 19.1 Å². The molecule has 164 valence electrons. The average molecular weight is 486 g/mol. The molecule has 0 bridgehead atoms. The van der Waals surface area contributed by atoms with Crippen LogP contribution in [0.1, 0.15) is 53.0 Å². The fourth-order valence-electron chi connectivity index (χ4n) is 3.98. The summed E-state index contributed by atoms with van der Waals surface area (Å²) >= 11 is 3.59. The number of methoxy groups -OCH3 is 1. The van der Waals surface area contributed by atoms with Crippen LogP contribution in [0.15, 0.2) is 16.6 Å². The minimum Gasteiger partial charge on any atom is -0.543 e. The van der Waals surface area contributed by atoms with Crippen molar-refractivity contribution in [1.29, 1.82) is 0 Å². The summed E-state index contributed by atoms with van der Waals surface area (Å²) in [4.78, 5) is 13.0. The zero-order valence-electron chi connectivity index (χ0n) is 19.2. The number of carbonyl (C=O) groups is 1. The van der Waals surface area contributed by atoms with E-state index in [1.807, 2.05) is 12.1 Å². The molecule has 2 rings (SSSR count). The largest absolute Gasteiger partial charge is 0.543 e. The van der Waals surface area contributed by atoms with Crippen LogP contribution in [-0.2, 0) is 11.2 Å². The Balaban J connectivity index is 2.44. The van der Waals surface area contributed by atoms with Gasteiger partial charge in [0, 0.05) is 18.9 Å². The molecule has 2 atom stereocenters. The number of ether oxygens (including phenoxy) is 1. The number of Topliss-reactive ketones (excluding diaryl/α,β-unsaturated/α-hetero) is 1. The third-order valence-electron chi connectivity index (χ3n) is 6.83. The highest BCUT2D eigenvalue weighted by atomic mass is 79.9. The number of halogens is 1. The number of carbonyl (C=O) groups excluding carboxylic acids is 1. The van der Waals surface area contributed by atoms with Gasteiger partial charge in [0.25, 0.3) is 0 Å². The highest BCUT2D eigenvalue weighted by Gasteiger charge is 2.43. The quantitative estimate of drug-likeness (QED) is 0.503. The number of hydrogen-bond donors (Lipinski definition) is 1. The fourth-order valence-corrected chi connectivity index (χ4v) is 5.51. The van der Waals surface area contributed by atoms with E-state index in [0.717, 1.165) is 28.0 Å². The van der Waals surface area contributed by atoms with Gasteiger partial charge in [-0.25, -0.2) is 0 Å². The molecule has 1 aliphatic rings. The lowest BCUT2D eigenvalue weighted by atomic mass is 9.63. The zero-order chi connectivity index (χ0) is 22.2. The number of aliphatic hydroxyl groups excluding tert-OH is 1. The van der Waals surface area contributed by atoms with Crippen molar-refractivity contribution in [3.63, 3.8) is 0 Å². The van der Waals surface area contributed by atoms with E-state index in [0.29, 0.717) is 12.8 Å². The molecule has 0 spiro atoms. The third-order valence-corrected chi connectivity index (χ3v) is 11.8. The summed E-state index contributed by atoms with van der Waals surface area (Å²) in [6.07, 6.45) is 1.93. The van der Waals surface area contributed by atoms with Gasteiger partial charge >= 0.3 is 0 Å². The van der Waals surface area contributed by atoms with Crippen molar-refractivity contribution in [3.8, 4) is 11.5 Å². The SMILES string of the molecule is COc1cc(C[C@@H]2C(=O)C[C@H](CO)CC2(C)C)c(O[Si](C)(C)C(C)(C)C)cc1Br. The molecule has 29 heavy (non-hydrogen) atoms. The lowest BCUT2D eigenvalue weighted by Crippen LogP contribution is -2.44. The molecule has 1 aliphatic carbocycles. The van der Waals surface area contributed by atoms with Gasteiger partial charge in [-0.1, -0.05) is 34.6 Å². The van der Waals surface area contributed by atoms with Crippen LogP contribution in [-0.4, -0.2) is 32.9 Å². The van der Waals surface area contributed by atoms with Crippen molar-refractivity contribution in [1.82, 2.24) is 0 Å². The monoisotopic (exact) mass is 484 g/mol. The molecule has 1 aromatic rings. The summed E-state index contributed by atoms with van der Waals surface area (Å²) in [7, 11) is -0.390. The summed E-state index contributed by atoms with van der Waals surface area (Å²) in [6, 6.07) is 4.00. The first-order valence-corrected chi connectivity index (χ1v) is 14.1. The van der Waals surface area contributed by atoms with Crippen molar-refractivity contribution in [2.45, 2.75) is 72.0 Å². The number of hydrogen-bond acceptors (Lipinski definition) is 4. The van der Waals surface area contributed by atoms with E-state index in [4.69, 9.17) is 9.16 Å². The first-order chi connectivity index (χ1) is 13.2.